The highest BCUT2D eigenvalue weighted by molar-refractivity contribution is 7.92. The molecule has 6 nitrogen and oxygen atoms in total. The molecule has 2 aromatic carbocycles. The second-order valence-corrected chi connectivity index (χ2v) is 9.15. The number of amides is 1. The van der Waals surface area contributed by atoms with Crippen LogP contribution in [0.2, 0.25) is 0 Å². The Morgan fingerprint density at radius 3 is 2.17 bits per heavy atom. The highest BCUT2D eigenvalue weighted by Crippen LogP contribution is 2.12. The molecule has 0 radical (unpaired) electrons. The van der Waals surface area contributed by atoms with Gasteiger partial charge in [-0.05, 0) is 23.7 Å². The quantitative estimate of drug-likeness (QED) is 0.650. The molecule has 3 rings (SSSR count). The maximum Gasteiger partial charge on any atom is 0.236 e. The molecule has 0 spiro atoms. The first-order valence-electron chi connectivity index (χ1n) is 10.3. The van der Waals surface area contributed by atoms with E-state index in [1.807, 2.05) is 55.5 Å². The van der Waals surface area contributed by atoms with Crippen LogP contribution >= 0.6 is 0 Å². The lowest BCUT2D eigenvalue weighted by Gasteiger charge is -2.34. The fraction of sp³-hybridized carbons (Fsp3) is 0.348. The first-order chi connectivity index (χ1) is 14.5. The Labute approximate surface area is 179 Å². The number of hydrogen-bond donors (Lipinski definition) is 0. The van der Waals surface area contributed by atoms with E-state index in [2.05, 4.69) is 17.0 Å². The minimum absolute atomic E-state index is 0.0460. The van der Waals surface area contributed by atoms with E-state index in [1.54, 1.807) is 11.0 Å². The van der Waals surface area contributed by atoms with E-state index in [-0.39, 0.29) is 5.91 Å². The van der Waals surface area contributed by atoms with E-state index >= 15 is 0 Å². The van der Waals surface area contributed by atoms with Crippen molar-refractivity contribution in [3.63, 3.8) is 0 Å². The Hall–Kier alpha value is -2.48. The van der Waals surface area contributed by atoms with Gasteiger partial charge in [-0.15, -0.1) is 0 Å². The van der Waals surface area contributed by atoms with Gasteiger partial charge in [0.05, 0.1) is 6.54 Å². The Kier molecular flexibility index (Phi) is 7.79. The zero-order valence-electron chi connectivity index (χ0n) is 17.4. The van der Waals surface area contributed by atoms with Crippen LogP contribution in [0.25, 0.3) is 6.08 Å². The summed E-state index contributed by atoms with van der Waals surface area (Å²) in [5.74, 6) is 0.0460. The van der Waals surface area contributed by atoms with E-state index < -0.39 is 10.0 Å². The summed E-state index contributed by atoms with van der Waals surface area (Å²) in [4.78, 5) is 16.6. The van der Waals surface area contributed by atoms with Crippen LogP contribution in [-0.4, -0.2) is 67.7 Å². The highest BCUT2D eigenvalue weighted by atomic mass is 32.2. The van der Waals surface area contributed by atoms with Crippen LogP contribution < -0.4 is 0 Å². The molecule has 0 bridgehead atoms. The Morgan fingerprint density at radius 2 is 1.57 bits per heavy atom. The number of carbonyl (C=O) groups excluding carboxylic acids is 1. The number of sulfonamides is 1. The standard InChI is InChI=1S/C23H29N3O3S/c1-2-24(19-22-11-7-4-8-12-22)20-23(27)25-14-16-26(17-15-25)30(28,29)18-13-21-9-5-3-6-10-21/h3-13,18H,2,14-17,19-20H2,1H3/b18-13+. The summed E-state index contributed by atoms with van der Waals surface area (Å²) >= 11 is 0. The SMILES string of the molecule is CCN(CC(=O)N1CCN(S(=O)(=O)/C=C/c2ccccc2)CC1)Cc1ccccc1. The molecule has 1 saturated heterocycles. The lowest BCUT2D eigenvalue weighted by atomic mass is 10.2. The van der Waals surface area contributed by atoms with Crippen molar-refractivity contribution >= 4 is 22.0 Å². The average molecular weight is 428 g/mol. The van der Waals surface area contributed by atoms with Crippen LogP contribution in [0.5, 0.6) is 0 Å². The van der Waals surface area contributed by atoms with Crippen molar-refractivity contribution in [1.82, 2.24) is 14.1 Å². The average Bonchev–Trinajstić information content (AvgIpc) is 2.79. The molecule has 1 amide bonds. The third-order valence-corrected chi connectivity index (χ3v) is 6.80. The monoisotopic (exact) mass is 427 g/mol. The van der Waals surface area contributed by atoms with Crippen LogP contribution in [0.3, 0.4) is 0 Å². The molecule has 1 fully saturated rings. The number of likely N-dealkylation sites (N-methyl/N-ethyl adjacent to an activating group) is 1. The van der Waals surface area contributed by atoms with Crippen molar-refractivity contribution < 1.29 is 13.2 Å². The predicted octanol–water partition coefficient (Wildman–Crippen LogP) is 2.65. The Balaban J connectivity index is 1.51. The summed E-state index contributed by atoms with van der Waals surface area (Å²) in [6.45, 7) is 5.35. The third-order valence-electron chi connectivity index (χ3n) is 5.24. The molecular weight excluding hydrogens is 398 g/mol. The summed E-state index contributed by atoms with van der Waals surface area (Å²) in [5, 5.41) is 1.25. The van der Waals surface area contributed by atoms with Crippen LogP contribution in [0.4, 0.5) is 0 Å². The first-order valence-corrected chi connectivity index (χ1v) is 11.8. The van der Waals surface area contributed by atoms with Crippen LogP contribution in [0, 0.1) is 0 Å². The zero-order chi connectivity index (χ0) is 21.4. The number of carbonyl (C=O) groups is 1. The van der Waals surface area contributed by atoms with Crippen molar-refractivity contribution in [3.05, 3.63) is 77.2 Å². The molecule has 0 aromatic heterocycles. The second kappa shape index (κ2) is 10.5. The Morgan fingerprint density at radius 1 is 0.967 bits per heavy atom. The van der Waals surface area contributed by atoms with Gasteiger partial charge >= 0.3 is 0 Å². The van der Waals surface area contributed by atoms with Crippen molar-refractivity contribution in [1.29, 1.82) is 0 Å². The lowest BCUT2D eigenvalue weighted by Crippen LogP contribution is -2.52. The topological polar surface area (TPSA) is 60.9 Å². The van der Waals surface area contributed by atoms with Gasteiger partial charge in [0, 0.05) is 38.1 Å². The lowest BCUT2D eigenvalue weighted by molar-refractivity contribution is -0.133. The van der Waals surface area contributed by atoms with Crippen LogP contribution in [0.15, 0.2) is 66.1 Å². The van der Waals surface area contributed by atoms with Gasteiger partial charge in [-0.1, -0.05) is 67.6 Å². The summed E-state index contributed by atoms with van der Waals surface area (Å²) < 4.78 is 26.6. The molecule has 160 valence electrons. The van der Waals surface area contributed by atoms with Gasteiger partial charge in [0.15, 0.2) is 0 Å². The number of piperazine rings is 1. The number of rotatable bonds is 8. The molecule has 0 atom stereocenters. The van der Waals surface area contributed by atoms with Gasteiger partial charge in [-0.3, -0.25) is 9.69 Å². The number of hydrogen-bond acceptors (Lipinski definition) is 4. The van der Waals surface area contributed by atoms with E-state index in [0.29, 0.717) is 32.7 Å². The molecule has 0 unspecified atom stereocenters. The van der Waals surface area contributed by atoms with Gasteiger partial charge < -0.3 is 4.90 Å². The Bertz CT molecular complexity index is 938. The molecule has 0 saturated carbocycles. The summed E-state index contributed by atoms with van der Waals surface area (Å²) in [5.41, 5.74) is 2.02. The van der Waals surface area contributed by atoms with E-state index in [1.165, 1.54) is 15.3 Å². The van der Waals surface area contributed by atoms with Crippen molar-refractivity contribution in [2.75, 3.05) is 39.3 Å². The normalized spacial score (nSPS) is 15.7. The van der Waals surface area contributed by atoms with E-state index in [4.69, 9.17) is 0 Å². The van der Waals surface area contributed by atoms with Crippen molar-refractivity contribution in [2.45, 2.75) is 13.5 Å². The van der Waals surface area contributed by atoms with Gasteiger partial charge in [0.1, 0.15) is 0 Å². The smallest absolute Gasteiger partial charge is 0.236 e. The molecule has 30 heavy (non-hydrogen) atoms. The van der Waals surface area contributed by atoms with Crippen molar-refractivity contribution in [2.24, 2.45) is 0 Å². The first kappa shape index (κ1) is 22.2. The number of nitrogens with zero attached hydrogens (tertiary/aromatic N) is 3. The molecule has 0 aliphatic carbocycles. The largest absolute Gasteiger partial charge is 0.339 e. The van der Waals surface area contributed by atoms with E-state index in [9.17, 15) is 13.2 Å². The minimum atomic E-state index is -3.49. The van der Waals surface area contributed by atoms with Crippen LogP contribution in [-0.2, 0) is 21.4 Å². The maximum atomic E-state index is 12.7. The summed E-state index contributed by atoms with van der Waals surface area (Å²) in [7, 11) is -3.49. The molecule has 1 aliphatic rings. The third kappa shape index (κ3) is 6.26. The van der Waals surface area contributed by atoms with Gasteiger partial charge in [0.2, 0.25) is 15.9 Å². The molecule has 1 aliphatic heterocycles. The zero-order valence-corrected chi connectivity index (χ0v) is 18.2. The molecular formula is C23H29N3O3S. The molecule has 1 heterocycles. The maximum absolute atomic E-state index is 12.7. The summed E-state index contributed by atoms with van der Waals surface area (Å²) in [6, 6.07) is 19.4. The fourth-order valence-corrected chi connectivity index (χ4v) is 4.59. The summed E-state index contributed by atoms with van der Waals surface area (Å²) in [6.07, 6.45) is 1.61. The van der Waals surface area contributed by atoms with Gasteiger partial charge in [0.25, 0.3) is 0 Å². The molecule has 7 heteroatoms. The van der Waals surface area contributed by atoms with Gasteiger partial charge in [-0.2, -0.15) is 4.31 Å². The van der Waals surface area contributed by atoms with Gasteiger partial charge in [-0.25, -0.2) is 8.42 Å². The van der Waals surface area contributed by atoms with Crippen LogP contribution in [0.1, 0.15) is 18.1 Å². The minimum Gasteiger partial charge on any atom is -0.339 e. The highest BCUT2D eigenvalue weighted by Gasteiger charge is 2.27. The fourth-order valence-electron chi connectivity index (χ4n) is 3.42. The van der Waals surface area contributed by atoms with Crippen molar-refractivity contribution in [3.8, 4) is 0 Å². The predicted molar refractivity (Wildman–Crippen MR) is 120 cm³/mol. The molecule has 0 N–H and O–H groups in total. The van der Waals surface area contributed by atoms with E-state index in [0.717, 1.165) is 18.7 Å². The number of benzene rings is 2. The second-order valence-electron chi connectivity index (χ2n) is 7.33. The molecule has 2 aromatic rings.